The highest BCUT2D eigenvalue weighted by Gasteiger charge is 2.13. The fourth-order valence-corrected chi connectivity index (χ4v) is 2.46. The Morgan fingerprint density at radius 1 is 1.33 bits per heavy atom. The first-order valence-electron chi connectivity index (χ1n) is 5.20. The summed E-state index contributed by atoms with van der Waals surface area (Å²) in [6.07, 6.45) is 3.29. The molecule has 1 aromatic heterocycles. The van der Waals surface area contributed by atoms with E-state index in [0.717, 1.165) is 17.7 Å². The number of benzene rings is 1. The molecule has 0 unspecified atom stereocenters. The second-order valence-electron chi connectivity index (χ2n) is 3.80. The fourth-order valence-electron chi connectivity index (χ4n) is 1.44. The van der Waals surface area contributed by atoms with Gasteiger partial charge < -0.3 is 0 Å². The molecule has 18 heavy (non-hydrogen) atoms. The molecule has 2 aromatic rings. The summed E-state index contributed by atoms with van der Waals surface area (Å²) >= 11 is 0. The second-order valence-corrected chi connectivity index (χ2v) is 5.57. The van der Waals surface area contributed by atoms with Crippen molar-refractivity contribution in [3.05, 3.63) is 48.0 Å². The quantitative estimate of drug-likeness (QED) is 0.902. The van der Waals surface area contributed by atoms with Gasteiger partial charge in [0.05, 0.1) is 11.1 Å². The molecular formula is C11H12FN3O2S. The smallest absolute Gasteiger partial charge is 0.240 e. The molecule has 0 aliphatic carbocycles. The molecule has 0 bridgehead atoms. The number of nitrogens with one attached hydrogen (secondary N) is 1. The Morgan fingerprint density at radius 2 is 2.00 bits per heavy atom. The topological polar surface area (TPSA) is 64.0 Å². The van der Waals surface area contributed by atoms with Gasteiger partial charge in [-0.15, -0.1) is 0 Å². The van der Waals surface area contributed by atoms with E-state index in [2.05, 4.69) is 9.82 Å². The van der Waals surface area contributed by atoms with Crippen LogP contribution in [0.5, 0.6) is 0 Å². The molecule has 5 nitrogen and oxygen atoms in total. The molecule has 7 heteroatoms. The average Bonchev–Trinajstić information content (AvgIpc) is 2.73. The standard InChI is InChI=1S/C11H12FN3O2S/c1-15-8-9(6-13-15)7-14-18(16,17)11-4-2-10(12)3-5-11/h2-6,8,14H,7H2,1H3. The number of aromatic nitrogens is 2. The van der Waals surface area contributed by atoms with Gasteiger partial charge >= 0.3 is 0 Å². The molecule has 2 rings (SSSR count). The Labute approximate surface area is 104 Å². The predicted octanol–water partition coefficient (Wildman–Crippen LogP) is 1.04. The Kier molecular flexibility index (Phi) is 3.44. The van der Waals surface area contributed by atoms with E-state index in [1.54, 1.807) is 24.1 Å². The summed E-state index contributed by atoms with van der Waals surface area (Å²) in [4.78, 5) is 0.0350. The lowest BCUT2D eigenvalue weighted by Gasteiger charge is -2.05. The van der Waals surface area contributed by atoms with E-state index >= 15 is 0 Å². The van der Waals surface area contributed by atoms with Crippen LogP contribution < -0.4 is 4.72 Å². The monoisotopic (exact) mass is 269 g/mol. The van der Waals surface area contributed by atoms with Gasteiger partial charge in [-0.05, 0) is 24.3 Å². The molecule has 0 aliphatic rings. The maximum absolute atomic E-state index is 12.7. The van der Waals surface area contributed by atoms with Crippen molar-refractivity contribution in [3.8, 4) is 0 Å². The van der Waals surface area contributed by atoms with Crippen molar-refractivity contribution in [1.29, 1.82) is 0 Å². The normalized spacial score (nSPS) is 11.7. The van der Waals surface area contributed by atoms with E-state index in [9.17, 15) is 12.8 Å². The number of sulfonamides is 1. The molecule has 0 saturated carbocycles. The largest absolute Gasteiger partial charge is 0.275 e. The van der Waals surface area contributed by atoms with Crippen LogP contribution in [0.2, 0.25) is 0 Å². The van der Waals surface area contributed by atoms with E-state index < -0.39 is 15.8 Å². The highest BCUT2D eigenvalue weighted by atomic mass is 32.2. The summed E-state index contributed by atoms with van der Waals surface area (Å²) in [6.45, 7) is 0.146. The lowest BCUT2D eigenvalue weighted by molar-refractivity contribution is 0.580. The predicted molar refractivity (Wildman–Crippen MR) is 63.6 cm³/mol. The van der Waals surface area contributed by atoms with Crippen molar-refractivity contribution in [2.75, 3.05) is 0 Å². The van der Waals surface area contributed by atoms with Crippen LogP contribution in [-0.4, -0.2) is 18.2 Å². The first kappa shape index (κ1) is 12.7. The third-order valence-electron chi connectivity index (χ3n) is 2.35. The first-order chi connectivity index (χ1) is 8.47. The van der Waals surface area contributed by atoms with E-state index in [1.807, 2.05) is 0 Å². The number of aryl methyl sites for hydroxylation is 1. The van der Waals surface area contributed by atoms with Crippen molar-refractivity contribution in [2.45, 2.75) is 11.4 Å². The van der Waals surface area contributed by atoms with Crippen LogP contribution >= 0.6 is 0 Å². The third-order valence-corrected chi connectivity index (χ3v) is 3.77. The fraction of sp³-hybridized carbons (Fsp3) is 0.182. The van der Waals surface area contributed by atoms with Crippen molar-refractivity contribution >= 4 is 10.0 Å². The van der Waals surface area contributed by atoms with Gasteiger partial charge in [0, 0.05) is 25.4 Å². The SMILES string of the molecule is Cn1cc(CNS(=O)(=O)c2ccc(F)cc2)cn1. The van der Waals surface area contributed by atoms with Crippen LogP contribution in [0.3, 0.4) is 0 Å². The Morgan fingerprint density at radius 3 is 2.56 bits per heavy atom. The average molecular weight is 269 g/mol. The van der Waals surface area contributed by atoms with E-state index in [1.165, 1.54) is 12.1 Å². The molecule has 0 spiro atoms. The molecule has 0 amide bonds. The van der Waals surface area contributed by atoms with Crippen LogP contribution in [0.4, 0.5) is 4.39 Å². The lowest BCUT2D eigenvalue weighted by atomic mass is 10.4. The maximum atomic E-state index is 12.7. The molecule has 96 valence electrons. The Balaban J connectivity index is 2.10. The van der Waals surface area contributed by atoms with Crippen LogP contribution in [0.25, 0.3) is 0 Å². The van der Waals surface area contributed by atoms with Crippen LogP contribution in [-0.2, 0) is 23.6 Å². The summed E-state index contributed by atoms with van der Waals surface area (Å²) < 4.78 is 40.4. The van der Waals surface area contributed by atoms with Gasteiger partial charge in [0.2, 0.25) is 10.0 Å². The highest BCUT2D eigenvalue weighted by molar-refractivity contribution is 7.89. The minimum Gasteiger partial charge on any atom is -0.275 e. The van der Waals surface area contributed by atoms with Crippen molar-refractivity contribution in [1.82, 2.24) is 14.5 Å². The summed E-state index contributed by atoms with van der Waals surface area (Å²) in [7, 11) is -1.87. The summed E-state index contributed by atoms with van der Waals surface area (Å²) in [5, 5.41) is 3.93. The molecule has 0 fully saturated rings. The van der Waals surface area contributed by atoms with Crippen molar-refractivity contribution in [3.63, 3.8) is 0 Å². The van der Waals surface area contributed by atoms with Gasteiger partial charge in [0.15, 0.2) is 0 Å². The Hall–Kier alpha value is -1.73. The second kappa shape index (κ2) is 4.87. The molecule has 0 saturated heterocycles. The van der Waals surface area contributed by atoms with Crippen LogP contribution in [0.15, 0.2) is 41.6 Å². The Bertz CT molecular complexity index is 635. The highest BCUT2D eigenvalue weighted by Crippen LogP contribution is 2.10. The molecule has 1 N–H and O–H groups in total. The van der Waals surface area contributed by atoms with Crippen molar-refractivity contribution in [2.24, 2.45) is 7.05 Å². The first-order valence-corrected chi connectivity index (χ1v) is 6.68. The van der Waals surface area contributed by atoms with Crippen LogP contribution in [0, 0.1) is 5.82 Å². The van der Waals surface area contributed by atoms with Gasteiger partial charge in [0.1, 0.15) is 5.82 Å². The van der Waals surface area contributed by atoms with Gasteiger partial charge in [-0.1, -0.05) is 0 Å². The zero-order chi connectivity index (χ0) is 13.2. The molecule has 0 radical (unpaired) electrons. The number of hydrogen-bond donors (Lipinski definition) is 1. The van der Waals surface area contributed by atoms with Gasteiger partial charge in [0.25, 0.3) is 0 Å². The van der Waals surface area contributed by atoms with Crippen molar-refractivity contribution < 1.29 is 12.8 Å². The van der Waals surface area contributed by atoms with Gasteiger partial charge in [-0.25, -0.2) is 17.5 Å². The number of halogens is 1. The number of hydrogen-bond acceptors (Lipinski definition) is 3. The molecule has 1 heterocycles. The van der Waals surface area contributed by atoms with Gasteiger partial charge in [-0.2, -0.15) is 5.10 Å². The van der Waals surface area contributed by atoms with E-state index in [0.29, 0.717) is 0 Å². The molecular weight excluding hydrogens is 257 g/mol. The zero-order valence-corrected chi connectivity index (χ0v) is 10.5. The molecule has 0 aliphatic heterocycles. The minimum atomic E-state index is -3.62. The summed E-state index contributed by atoms with van der Waals surface area (Å²) in [6, 6.07) is 4.67. The van der Waals surface area contributed by atoms with E-state index in [4.69, 9.17) is 0 Å². The van der Waals surface area contributed by atoms with E-state index in [-0.39, 0.29) is 11.4 Å². The third kappa shape index (κ3) is 2.93. The summed E-state index contributed by atoms with van der Waals surface area (Å²) in [5.74, 6) is -0.471. The van der Waals surface area contributed by atoms with Crippen LogP contribution in [0.1, 0.15) is 5.56 Å². The summed E-state index contributed by atoms with van der Waals surface area (Å²) in [5.41, 5.74) is 0.753. The van der Waals surface area contributed by atoms with Gasteiger partial charge in [-0.3, -0.25) is 4.68 Å². The number of rotatable bonds is 4. The molecule has 1 aromatic carbocycles. The maximum Gasteiger partial charge on any atom is 0.240 e. The number of nitrogens with zero attached hydrogens (tertiary/aromatic N) is 2. The lowest BCUT2D eigenvalue weighted by Crippen LogP contribution is -2.23. The molecule has 0 atom stereocenters. The minimum absolute atomic E-state index is 0.0350. The zero-order valence-electron chi connectivity index (χ0n) is 9.67.